The molecule has 0 bridgehead atoms. The Hall–Kier alpha value is -1.96. The molecular formula is C14H9ClN2O3S2. The molecule has 0 spiro atoms. The van der Waals surface area contributed by atoms with E-state index < -0.39 is 10.1 Å². The highest BCUT2D eigenvalue weighted by molar-refractivity contribution is 7.87. The second-order valence-corrected chi connectivity index (χ2v) is 6.81. The molecule has 112 valence electrons. The van der Waals surface area contributed by atoms with Crippen molar-refractivity contribution in [3.8, 4) is 17.0 Å². The molecule has 0 saturated heterocycles. The molecule has 0 amide bonds. The molecule has 2 aromatic carbocycles. The van der Waals surface area contributed by atoms with Crippen LogP contribution >= 0.6 is 23.1 Å². The van der Waals surface area contributed by atoms with Gasteiger partial charge in [0.1, 0.15) is 16.3 Å². The summed E-state index contributed by atoms with van der Waals surface area (Å²) >= 11 is 7.14. The number of halogens is 1. The molecule has 0 saturated carbocycles. The van der Waals surface area contributed by atoms with Crippen molar-refractivity contribution in [3.63, 3.8) is 0 Å². The zero-order chi connectivity index (χ0) is 15.6. The average molecular weight is 353 g/mol. The molecule has 5 nitrogen and oxygen atoms in total. The highest BCUT2D eigenvalue weighted by atomic mass is 35.5. The summed E-state index contributed by atoms with van der Waals surface area (Å²) in [6.07, 6.45) is 0. The molecule has 0 fully saturated rings. The maximum absolute atomic E-state index is 12.2. The van der Waals surface area contributed by atoms with Crippen LogP contribution in [0.1, 0.15) is 0 Å². The van der Waals surface area contributed by atoms with Crippen LogP contribution < -0.4 is 4.18 Å². The standard InChI is InChI=1S/C14H9ClN2O3S2/c15-12-3-1-2-4-14(12)22(18,19)20-11-7-5-10(6-8-11)13-9-21-17-16-13/h1-9H. The minimum atomic E-state index is -3.97. The van der Waals surface area contributed by atoms with Crippen LogP contribution in [0.15, 0.2) is 58.8 Å². The summed E-state index contributed by atoms with van der Waals surface area (Å²) in [6.45, 7) is 0. The Morgan fingerprint density at radius 1 is 1.05 bits per heavy atom. The van der Waals surface area contributed by atoms with Crippen LogP contribution in [0.2, 0.25) is 5.02 Å². The van der Waals surface area contributed by atoms with Crippen LogP contribution in [0.5, 0.6) is 5.75 Å². The first-order valence-electron chi connectivity index (χ1n) is 6.13. The first-order valence-corrected chi connectivity index (χ1v) is 8.75. The van der Waals surface area contributed by atoms with Gasteiger partial charge in [-0.15, -0.1) is 5.10 Å². The monoisotopic (exact) mass is 352 g/mol. The van der Waals surface area contributed by atoms with Gasteiger partial charge in [0, 0.05) is 10.9 Å². The van der Waals surface area contributed by atoms with Crippen molar-refractivity contribution in [2.45, 2.75) is 4.90 Å². The molecule has 8 heteroatoms. The van der Waals surface area contributed by atoms with Gasteiger partial charge in [-0.1, -0.05) is 28.2 Å². The van der Waals surface area contributed by atoms with Gasteiger partial charge < -0.3 is 4.18 Å². The van der Waals surface area contributed by atoms with Crippen molar-refractivity contribution in [1.29, 1.82) is 0 Å². The summed E-state index contributed by atoms with van der Waals surface area (Å²) in [7, 11) is -3.97. The third-order valence-corrected chi connectivity index (χ3v) is 5.07. The van der Waals surface area contributed by atoms with Gasteiger partial charge in [0.25, 0.3) is 0 Å². The van der Waals surface area contributed by atoms with Crippen LogP contribution in [0.25, 0.3) is 11.3 Å². The third-order valence-electron chi connectivity index (χ3n) is 2.82. The number of hydrogen-bond donors (Lipinski definition) is 0. The zero-order valence-corrected chi connectivity index (χ0v) is 13.4. The second kappa shape index (κ2) is 6.04. The molecule has 0 aliphatic rings. The van der Waals surface area contributed by atoms with E-state index in [0.717, 1.165) is 11.3 Å². The van der Waals surface area contributed by atoms with E-state index in [2.05, 4.69) is 9.59 Å². The smallest absolute Gasteiger partial charge is 0.340 e. The van der Waals surface area contributed by atoms with Gasteiger partial charge >= 0.3 is 10.1 Å². The molecular weight excluding hydrogens is 344 g/mol. The number of rotatable bonds is 4. The van der Waals surface area contributed by atoms with Gasteiger partial charge in [0.15, 0.2) is 0 Å². The lowest BCUT2D eigenvalue weighted by Gasteiger charge is -2.08. The molecule has 0 aliphatic heterocycles. The van der Waals surface area contributed by atoms with E-state index in [1.54, 1.807) is 41.8 Å². The van der Waals surface area contributed by atoms with Crippen LogP contribution in [0.3, 0.4) is 0 Å². The summed E-state index contributed by atoms with van der Waals surface area (Å²) in [5.74, 6) is 0.201. The molecule has 0 N–H and O–H groups in total. The topological polar surface area (TPSA) is 69.2 Å². The van der Waals surface area contributed by atoms with Gasteiger partial charge in [-0.05, 0) is 47.9 Å². The summed E-state index contributed by atoms with van der Waals surface area (Å²) in [6, 6.07) is 12.7. The van der Waals surface area contributed by atoms with Crippen molar-refractivity contribution in [2.75, 3.05) is 0 Å². The summed E-state index contributed by atoms with van der Waals surface area (Å²) in [5.41, 5.74) is 1.56. The summed E-state index contributed by atoms with van der Waals surface area (Å²) in [5, 5.41) is 5.86. The van der Waals surface area contributed by atoms with E-state index in [9.17, 15) is 8.42 Å². The van der Waals surface area contributed by atoms with Crippen molar-refractivity contribution in [2.24, 2.45) is 0 Å². The minimum Gasteiger partial charge on any atom is -0.379 e. The van der Waals surface area contributed by atoms with Gasteiger partial charge in [0.2, 0.25) is 0 Å². The number of hydrogen-bond acceptors (Lipinski definition) is 6. The Bertz CT molecular complexity index is 879. The quantitative estimate of drug-likeness (QED) is 0.671. The third kappa shape index (κ3) is 3.11. The zero-order valence-electron chi connectivity index (χ0n) is 11.0. The lowest BCUT2D eigenvalue weighted by Crippen LogP contribution is -2.10. The van der Waals surface area contributed by atoms with Crippen molar-refractivity contribution < 1.29 is 12.6 Å². The van der Waals surface area contributed by atoms with Gasteiger partial charge in [-0.2, -0.15) is 8.42 Å². The Morgan fingerprint density at radius 2 is 1.77 bits per heavy atom. The fourth-order valence-corrected chi connectivity index (χ4v) is 3.68. The van der Waals surface area contributed by atoms with Gasteiger partial charge in [0.05, 0.1) is 5.02 Å². The van der Waals surface area contributed by atoms with Gasteiger partial charge in [-0.3, -0.25) is 0 Å². The van der Waals surface area contributed by atoms with Crippen molar-refractivity contribution in [3.05, 3.63) is 58.9 Å². The SMILES string of the molecule is O=S(=O)(Oc1ccc(-c2csnn2)cc1)c1ccccc1Cl. The molecule has 3 aromatic rings. The molecule has 1 heterocycles. The second-order valence-electron chi connectivity index (χ2n) is 4.28. The van der Waals surface area contributed by atoms with Crippen LogP contribution in [-0.4, -0.2) is 18.0 Å². The largest absolute Gasteiger partial charge is 0.379 e. The number of nitrogens with zero attached hydrogens (tertiary/aromatic N) is 2. The van der Waals surface area contributed by atoms with Crippen molar-refractivity contribution in [1.82, 2.24) is 9.59 Å². The number of benzene rings is 2. The van der Waals surface area contributed by atoms with Crippen molar-refractivity contribution >= 4 is 33.3 Å². The Labute approximate surface area is 136 Å². The van der Waals surface area contributed by atoms with E-state index in [1.165, 1.54) is 23.7 Å². The average Bonchev–Trinajstić information content (AvgIpc) is 3.02. The van der Waals surface area contributed by atoms with Crippen LogP contribution in [0, 0.1) is 0 Å². The molecule has 3 rings (SSSR count). The minimum absolute atomic E-state index is 0.0653. The predicted octanol–water partition coefficient (Wildman–Crippen LogP) is 3.63. The normalized spacial score (nSPS) is 11.3. The first kappa shape index (κ1) is 15.0. The maximum Gasteiger partial charge on any atom is 0.340 e. The number of aromatic nitrogens is 2. The molecule has 0 atom stereocenters. The lowest BCUT2D eigenvalue weighted by atomic mass is 10.2. The van der Waals surface area contributed by atoms with Crippen LogP contribution in [0.4, 0.5) is 0 Å². The predicted molar refractivity (Wildman–Crippen MR) is 84.6 cm³/mol. The van der Waals surface area contributed by atoms with E-state index in [4.69, 9.17) is 15.8 Å². The summed E-state index contributed by atoms with van der Waals surface area (Å²) in [4.78, 5) is -0.0653. The Morgan fingerprint density at radius 3 is 2.41 bits per heavy atom. The molecule has 0 radical (unpaired) electrons. The molecule has 0 unspecified atom stereocenters. The highest BCUT2D eigenvalue weighted by Crippen LogP contribution is 2.26. The Balaban J connectivity index is 1.86. The first-order chi connectivity index (χ1) is 10.6. The van der Waals surface area contributed by atoms with E-state index in [0.29, 0.717) is 0 Å². The van der Waals surface area contributed by atoms with Crippen LogP contribution in [-0.2, 0) is 10.1 Å². The Kier molecular flexibility index (Phi) is 4.10. The highest BCUT2D eigenvalue weighted by Gasteiger charge is 2.19. The molecule has 1 aromatic heterocycles. The maximum atomic E-state index is 12.2. The lowest BCUT2D eigenvalue weighted by molar-refractivity contribution is 0.486. The van der Waals surface area contributed by atoms with E-state index >= 15 is 0 Å². The molecule has 0 aliphatic carbocycles. The fraction of sp³-hybridized carbons (Fsp3) is 0. The van der Waals surface area contributed by atoms with E-state index in [-0.39, 0.29) is 15.7 Å². The van der Waals surface area contributed by atoms with Gasteiger partial charge in [-0.25, -0.2) is 0 Å². The fourth-order valence-electron chi connectivity index (χ4n) is 1.79. The molecule has 22 heavy (non-hydrogen) atoms. The van der Waals surface area contributed by atoms with E-state index in [1.807, 2.05) is 0 Å². The summed E-state index contributed by atoms with van der Waals surface area (Å²) < 4.78 is 33.3.